The summed E-state index contributed by atoms with van der Waals surface area (Å²) in [6, 6.07) is 0.281. The minimum atomic E-state index is 0. The zero-order chi connectivity index (χ0) is 18.4. The molecule has 2 N–H and O–H groups in total. The summed E-state index contributed by atoms with van der Waals surface area (Å²) in [6.45, 7) is 5.13. The summed E-state index contributed by atoms with van der Waals surface area (Å²) in [6.07, 6.45) is 7.04. The molecule has 0 bridgehead atoms. The Labute approximate surface area is 180 Å². The Morgan fingerprint density at radius 1 is 1.15 bits per heavy atom. The fraction of sp³-hybridized carbons (Fsp3) is 0.895. The first-order valence-electron chi connectivity index (χ1n) is 10.2. The zero-order valence-electron chi connectivity index (χ0n) is 16.8. The third-order valence-electron chi connectivity index (χ3n) is 5.86. The zero-order valence-corrected chi connectivity index (χ0v) is 19.1. The van der Waals surface area contributed by atoms with Crippen LogP contribution in [0.15, 0.2) is 4.99 Å². The van der Waals surface area contributed by atoms with E-state index in [0.29, 0.717) is 5.91 Å². The van der Waals surface area contributed by atoms with Crippen LogP contribution in [0.3, 0.4) is 0 Å². The van der Waals surface area contributed by atoms with Gasteiger partial charge >= 0.3 is 0 Å². The van der Waals surface area contributed by atoms with Crippen LogP contribution >= 0.6 is 24.0 Å². The number of amides is 1. The van der Waals surface area contributed by atoms with Crippen LogP contribution < -0.4 is 10.6 Å². The highest BCUT2D eigenvalue weighted by atomic mass is 127. The van der Waals surface area contributed by atoms with Gasteiger partial charge in [-0.25, -0.2) is 0 Å². The van der Waals surface area contributed by atoms with E-state index < -0.39 is 0 Å². The number of guanidine groups is 1. The molecule has 2 atom stereocenters. The van der Waals surface area contributed by atoms with Crippen molar-refractivity contribution in [1.29, 1.82) is 0 Å². The van der Waals surface area contributed by atoms with E-state index in [-0.39, 0.29) is 42.0 Å². The van der Waals surface area contributed by atoms with Crippen LogP contribution in [0.2, 0.25) is 0 Å². The number of aliphatic imine (C=N–C) groups is 1. The van der Waals surface area contributed by atoms with Gasteiger partial charge in [-0.3, -0.25) is 9.79 Å². The lowest BCUT2D eigenvalue weighted by atomic mass is 9.88. The number of nitrogens with zero attached hydrogens (tertiary/aromatic N) is 3. The summed E-state index contributed by atoms with van der Waals surface area (Å²) >= 11 is 0. The predicted octanol–water partition coefficient (Wildman–Crippen LogP) is 1.28. The second kappa shape index (κ2) is 11.4. The van der Waals surface area contributed by atoms with Crippen molar-refractivity contribution >= 4 is 35.8 Å². The molecule has 156 valence electrons. The number of morpholine rings is 1. The number of rotatable bonds is 4. The summed E-state index contributed by atoms with van der Waals surface area (Å²) in [7, 11) is 3.92. The van der Waals surface area contributed by atoms with Crippen LogP contribution in [0.1, 0.15) is 38.5 Å². The van der Waals surface area contributed by atoms with E-state index in [1.54, 1.807) is 7.05 Å². The van der Waals surface area contributed by atoms with Gasteiger partial charge in [0.25, 0.3) is 0 Å². The van der Waals surface area contributed by atoms with E-state index in [2.05, 4.69) is 32.5 Å². The minimum absolute atomic E-state index is 0. The molecule has 3 aliphatic rings. The largest absolute Gasteiger partial charge is 0.374 e. The van der Waals surface area contributed by atoms with E-state index in [4.69, 9.17) is 4.74 Å². The SMILES string of the molecule is CN=C(NCC1CN(C)CCO1)NC1CCN(C(=O)C2CCCCC2)C1.I. The fourth-order valence-electron chi connectivity index (χ4n) is 4.27. The molecule has 1 saturated carbocycles. The number of likely N-dealkylation sites (tertiary alicyclic amines) is 1. The van der Waals surface area contributed by atoms with E-state index in [1.807, 2.05) is 0 Å². The lowest BCUT2D eigenvalue weighted by Gasteiger charge is -2.30. The molecule has 0 aromatic rings. The first-order valence-corrected chi connectivity index (χ1v) is 10.2. The topological polar surface area (TPSA) is 69.2 Å². The van der Waals surface area contributed by atoms with Gasteiger partial charge in [0, 0.05) is 51.7 Å². The minimum Gasteiger partial charge on any atom is -0.374 e. The second-order valence-corrected chi connectivity index (χ2v) is 7.96. The summed E-state index contributed by atoms with van der Waals surface area (Å²) in [5, 5.41) is 6.86. The number of ether oxygens (including phenoxy) is 1. The normalized spacial score (nSPS) is 27.9. The van der Waals surface area contributed by atoms with Gasteiger partial charge in [-0.05, 0) is 26.3 Å². The molecule has 0 spiro atoms. The third kappa shape index (κ3) is 6.74. The van der Waals surface area contributed by atoms with Crippen molar-refractivity contribution in [3.63, 3.8) is 0 Å². The number of nitrogens with one attached hydrogen (secondary N) is 2. The summed E-state index contributed by atoms with van der Waals surface area (Å²) < 4.78 is 5.79. The average molecular weight is 493 g/mol. The van der Waals surface area contributed by atoms with Crippen molar-refractivity contribution in [2.75, 3.05) is 53.4 Å². The van der Waals surface area contributed by atoms with Crippen LogP contribution in [0.4, 0.5) is 0 Å². The molecule has 3 fully saturated rings. The standard InChI is InChI=1S/C19H35N5O2.HI/c1-20-19(21-12-17-14-23(2)10-11-26-17)22-16-8-9-24(13-16)18(25)15-6-4-3-5-7-15;/h15-17H,3-14H2,1-2H3,(H2,20,21,22);1H. The number of likely N-dealkylation sites (N-methyl/N-ethyl adjacent to an activating group) is 1. The van der Waals surface area contributed by atoms with Gasteiger partial charge in [0.15, 0.2) is 5.96 Å². The first-order chi connectivity index (χ1) is 12.7. The maximum Gasteiger partial charge on any atom is 0.225 e. The van der Waals surface area contributed by atoms with Gasteiger partial charge in [0.05, 0.1) is 12.7 Å². The van der Waals surface area contributed by atoms with Crippen LogP contribution in [0, 0.1) is 5.92 Å². The van der Waals surface area contributed by atoms with Gasteiger partial charge in [-0.15, -0.1) is 24.0 Å². The van der Waals surface area contributed by atoms with Gasteiger partial charge in [-0.2, -0.15) is 0 Å². The van der Waals surface area contributed by atoms with Crippen molar-refractivity contribution in [3.05, 3.63) is 0 Å². The molecule has 27 heavy (non-hydrogen) atoms. The Morgan fingerprint density at radius 3 is 2.63 bits per heavy atom. The van der Waals surface area contributed by atoms with Crippen molar-refractivity contribution in [2.45, 2.75) is 50.7 Å². The third-order valence-corrected chi connectivity index (χ3v) is 5.86. The maximum absolute atomic E-state index is 12.7. The van der Waals surface area contributed by atoms with E-state index in [0.717, 1.165) is 64.6 Å². The van der Waals surface area contributed by atoms with Crippen LogP contribution in [0.5, 0.6) is 0 Å². The van der Waals surface area contributed by atoms with Crippen LogP contribution in [-0.4, -0.2) is 87.2 Å². The molecule has 0 aromatic heterocycles. The van der Waals surface area contributed by atoms with Gasteiger partial charge < -0.3 is 25.2 Å². The molecule has 0 aromatic carbocycles. The number of hydrogen-bond acceptors (Lipinski definition) is 4. The Kier molecular flexibility index (Phi) is 9.58. The summed E-state index contributed by atoms with van der Waals surface area (Å²) in [5.74, 6) is 1.44. The van der Waals surface area contributed by atoms with E-state index >= 15 is 0 Å². The molecule has 2 saturated heterocycles. The van der Waals surface area contributed by atoms with Crippen molar-refractivity contribution < 1.29 is 9.53 Å². The monoisotopic (exact) mass is 493 g/mol. The Balaban J connectivity index is 0.00000261. The van der Waals surface area contributed by atoms with Gasteiger partial charge in [-0.1, -0.05) is 19.3 Å². The van der Waals surface area contributed by atoms with E-state index in [1.165, 1.54) is 19.3 Å². The molecule has 7 nitrogen and oxygen atoms in total. The molecule has 2 unspecified atom stereocenters. The van der Waals surface area contributed by atoms with Crippen molar-refractivity contribution in [3.8, 4) is 0 Å². The molecule has 8 heteroatoms. The van der Waals surface area contributed by atoms with Gasteiger partial charge in [0.1, 0.15) is 0 Å². The number of hydrogen-bond donors (Lipinski definition) is 2. The molecule has 0 radical (unpaired) electrons. The van der Waals surface area contributed by atoms with Crippen molar-refractivity contribution in [1.82, 2.24) is 20.4 Å². The number of halogens is 1. The molecule has 1 aliphatic carbocycles. The molecule has 2 heterocycles. The summed E-state index contributed by atoms with van der Waals surface area (Å²) in [5.41, 5.74) is 0. The highest BCUT2D eigenvalue weighted by Gasteiger charge is 2.31. The fourth-order valence-corrected chi connectivity index (χ4v) is 4.27. The molecular weight excluding hydrogens is 457 g/mol. The Bertz CT molecular complexity index is 498. The van der Waals surface area contributed by atoms with Crippen molar-refractivity contribution in [2.24, 2.45) is 10.9 Å². The van der Waals surface area contributed by atoms with Gasteiger partial charge in [0.2, 0.25) is 5.91 Å². The average Bonchev–Trinajstić information content (AvgIpc) is 3.14. The Morgan fingerprint density at radius 2 is 1.93 bits per heavy atom. The number of carbonyl (C=O) groups excluding carboxylic acids is 1. The lowest BCUT2D eigenvalue weighted by Crippen LogP contribution is -2.50. The highest BCUT2D eigenvalue weighted by molar-refractivity contribution is 14.0. The Hall–Kier alpha value is -0.610. The summed E-state index contributed by atoms with van der Waals surface area (Å²) in [4.78, 5) is 21.4. The molecule has 1 amide bonds. The first kappa shape index (κ1) is 22.7. The highest BCUT2D eigenvalue weighted by Crippen LogP contribution is 2.26. The quantitative estimate of drug-likeness (QED) is 0.351. The molecule has 2 aliphatic heterocycles. The van der Waals surface area contributed by atoms with Crippen LogP contribution in [0.25, 0.3) is 0 Å². The van der Waals surface area contributed by atoms with E-state index in [9.17, 15) is 4.79 Å². The molecule has 3 rings (SSSR count). The predicted molar refractivity (Wildman–Crippen MR) is 119 cm³/mol. The molecular formula is C19H36IN5O2. The number of carbonyl (C=O) groups is 1. The smallest absolute Gasteiger partial charge is 0.225 e. The second-order valence-electron chi connectivity index (χ2n) is 7.96. The maximum atomic E-state index is 12.7. The van der Waals surface area contributed by atoms with Crippen LogP contribution in [-0.2, 0) is 9.53 Å². The lowest BCUT2D eigenvalue weighted by molar-refractivity contribution is -0.135.